The maximum atomic E-state index is 13.7. The van der Waals surface area contributed by atoms with Gasteiger partial charge in [0.15, 0.2) is 12.4 Å². The molecule has 2 aromatic rings. The quantitative estimate of drug-likeness (QED) is 0.880. The van der Waals surface area contributed by atoms with Crippen molar-refractivity contribution >= 4 is 27.3 Å². The van der Waals surface area contributed by atoms with Gasteiger partial charge in [0.1, 0.15) is 16.8 Å². The van der Waals surface area contributed by atoms with E-state index in [1.807, 2.05) is 0 Å². The molecule has 2 aromatic carbocycles. The second-order valence-corrected chi connectivity index (χ2v) is 6.53. The Hall–Kier alpha value is -3.12. The molecule has 9 heteroatoms. The Morgan fingerprint density at radius 3 is 2.79 bits per heavy atom. The minimum atomic E-state index is -4.15. The van der Waals surface area contributed by atoms with Crippen LogP contribution in [0, 0.1) is 17.1 Å². The van der Waals surface area contributed by atoms with E-state index in [0.717, 1.165) is 12.1 Å². The van der Waals surface area contributed by atoms with Crippen LogP contribution in [0.3, 0.4) is 0 Å². The zero-order valence-electron chi connectivity index (χ0n) is 12.0. The molecule has 1 aliphatic rings. The molecule has 122 valence electrons. The number of anilines is 2. The zero-order chi connectivity index (χ0) is 17.3. The molecule has 1 aliphatic heterocycles. The molecule has 0 atom stereocenters. The van der Waals surface area contributed by atoms with Crippen molar-refractivity contribution in [2.75, 3.05) is 16.6 Å². The summed E-state index contributed by atoms with van der Waals surface area (Å²) < 4.78 is 46.1. The Balaban J connectivity index is 2.06. The largest absolute Gasteiger partial charge is 0.479 e. The summed E-state index contributed by atoms with van der Waals surface area (Å²) in [6, 6.07) is 9.35. The first-order valence-electron chi connectivity index (χ1n) is 6.69. The van der Waals surface area contributed by atoms with Crippen molar-refractivity contribution in [3.8, 4) is 11.8 Å². The van der Waals surface area contributed by atoms with E-state index >= 15 is 0 Å². The number of fused-ring (bicyclic) bond motifs is 1. The molecule has 7 nitrogen and oxygen atoms in total. The summed E-state index contributed by atoms with van der Waals surface area (Å²) in [6.07, 6.45) is 0. The molecular weight excluding hydrogens is 337 g/mol. The van der Waals surface area contributed by atoms with E-state index < -0.39 is 21.7 Å². The van der Waals surface area contributed by atoms with Crippen LogP contribution >= 0.6 is 0 Å². The van der Waals surface area contributed by atoms with Gasteiger partial charge in [0.2, 0.25) is 0 Å². The minimum Gasteiger partial charge on any atom is -0.479 e. The molecule has 1 heterocycles. The van der Waals surface area contributed by atoms with E-state index in [4.69, 9.17) is 10.00 Å². The highest BCUT2D eigenvalue weighted by atomic mass is 32.2. The van der Waals surface area contributed by atoms with Crippen molar-refractivity contribution in [3.05, 3.63) is 47.8 Å². The maximum absolute atomic E-state index is 13.7. The first kappa shape index (κ1) is 15.8. The number of carbonyl (C=O) groups is 1. The van der Waals surface area contributed by atoms with Gasteiger partial charge in [0, 0.05) is 12.1 Å². The molecule has 3 rings (SSSR count). The summed E-state index contributed by atoms with van der Waals surface area (Å²) in [4.78, 5) is 11.1. The van der Waals surface area contributed by atoms with Crippen molar-refractivity contribution < 1.29 is 22.3 Å². The topological polar surface area (TPSA) is 108 Å². The third kappa shape index (κ3) is 2.87. The van der Waals surface area contributed by atoms with Crippen molar-refractivity contribution in [1.29, 1.82) is 5.26 Å². The normalized spacial score (nSPS) is 13.2. The van der Waals surface area contributed by atoms with Crippen LogP contribution in [-0.2, 0) is 14.8 Å². The third-order valence-corrected chi connectivity index (χ3v) is 4.64. The number of nitrogens with zero attached hydrogens (tertiary/aromatic N) is 1. The van der Waals surface area contributed by atoms with Crippen LogP contribution in [-0.4, -0.2) is 20.9 Å². The van der Waals surface area contributed by atoms with Crippen LogP contribution in [0.15, 0.2) is 41.3 Å². The molecule has 0 bridgehead atoms. The molecule has 2 N–H and O–H groups in total. The van der Waals surface area contributed by atoms with Crippen molar-refractivity contribution in [2.45, 2.75) is 4.90 Å². The molecule has 0 saturated carbocycles. The smallest absolute Gasteiger partial charge is 0.263 e. The lowest BCUT2D eigenvalue weighted by atomic mass is 10.2. The van der Waals surface area contributed by atoms with Gasteiger partial charge in [-0.25, -0.2) is 12.8 Å². The third-order valence-electron chi connectivity index (χ3n) is 3.22. The van der Waals surface area contributed by atoms with Gasteiger partial charge >= 0.3 is 0 Å². The lowest BCUT2D eigenvalue weighted by Crippen LogP contribution is -2.26. The summed E-state index contributed by atoms with van der Waals surface area (Å²) in [5.41, 5.74) is -0.195. The predicted molar refractivity (Wildman–Crippen MR) is 82.5 cm³/mol. The number of benzene rings is 2. The van der Waals surface area contributed by atoms with Crippen LogP contribution in [0.1, 0.15) is 5.56 Å². The number of amides is 1. The van der Waals surface area contributed by atoms with Crippen LogP contribution < -0.4 is 14.8 Å². The van der Waals surface area contributed by atoms with Crippen molar-refractivity contribution in [2.24, 2.45) is 0 Å². The summed E-state index contributed by atoms with van der Waals surface area (Å²) in [7, 11) is -4.15. The van der Waals surface area contributed by atoms with Gasteiger partial charge in [-0.1, -0.05) is 12.1 Å². The van der Waals surface area contributed by atoms with E-state index in [0.29, 0.717) is 0 Å². The van der Waals surface area contributed by atoms with E-state index in [-0.39, 0.29) is 34.2 Å². The number of nitrogens with one attached hydrogen (secondary N) is 2. The second-order valence-electron chi connectivity index (χ2n) is 4.88. The monoisotopic (exact) mass is 347 g/mol. The number of sulfonamides is 1. The van der Waals surface area contributed by atoms with Gasteiger partial charge < -0.3 is 10.1 Å². The molecule has 0 aliphatic carbocycles. The maximum Gasteiger partial charge on any atom is 0.263 e. The van der Waals surface area contributed by atoms with E-state index in [1.165, 1.54) is 24.3 Å². The number of carbonyl (C=O) groups excluding carboxylic acids is 1. The fraction of sp³-hybridized carbons (Fsp3) is 0.0667. The standard InChI is InChI=1S/C15H10FN3O4S/c16-10-5-11-15(23-8-14(20)18-11)12(6-10)19-24(21,22)13-4-2-1-3-9(13)7-17/h1-6,19H,8H2,(H,18,20). The summed E-state index contributed by atoms with van der Waals surface area (Å²) >= 11 is 0. The Bertz CT molecular complexity index is 983. The minimum absolute atomic E-state index is 0.00835. The van der Waals surface area contributed by atoms with Crippen LogP contribution in [0.4, 0.5) is 15.8 Å². The van der Waals surface area contributed by atoms with Gasteiger partial charge in [-0.3, -0.25) is 9.52 Å². The van der Waals surface area contributed by atoms with E-state index in [9.17, 15) is 17.6 Å². The average molecular weight is 347 g/mol. The predicted octanol–water partition coefficient (Wildman–Crippen LogP) is 1.83. The zero-order valence-corrected chi connectivity index (χ0v) is 12.9. The van der Waals surface area contributed by atoms with E-state index in [2.05, 4.69) is 10.0 Å². The Kier molecular flexibility index (Phi) is 3.83. The fourth-order valence-corrected chi connectivity index (χ4v) is 3.45. The van der Waals surface area contributed by atoms with Crippen molar-refractivity contribution in [3.63, 3.8) is 0 Å². The van der Waals surface area contributed by atoms with Gasteiger partial charge in [-0.05, 0) is 12.1 Å². The molecule has 0 saturated heterocycles. The number of ether oxygens (including phenoxy) is 1. The van der Waals surface area contributed by atoms with Crippen LogP contribution in [0.5, 0.6) is 5.75 Å². The molecule has 0 fully saturated rings. The Morgan fingerprint density at radius 2 is 2.04 bits per heavy atom. The van der Waals surface area contributed by atoms with Gasteiger partial charge in [0.25, 0.3) is 15.9 Å². The van der Waals surface area contributed by atoms with Crippen LogP contribution in [0.2, 0.25) is 0 Å². The first-order valence-corrected chi connectivity index (χ1v) is 8.17. The average Bonchev–Trinajstić information content (AvgIpc) is 2.53. The summed E-state index contributed by atoms with van der Waals surface area (Å²) in [5, 5.41) is 11.4. The number of halogens is 1. The number of hydrogen-bond donors (Lipinski definition) is 2. The van der Waals surface area contributed by atoms with Gasteiger partial charge in [-0.2, -0.15) is 5.26 Å². The highest BCUT2D eigenvalue weighted by Gasteiger charge is 2.25. The highest BCUT2D eigenvalue weighted by Crippen LogP contribution is 2.37. The molecule has 0 radical (unpaired) electrons. The number of hydrogen-bond acceptors (Lipinski definition) is 5. The lowest BCUT2D eigenvalue weighted by Gasteiger charge is -2.21. The molecule has 0 unspecified atom stereocenters. The molecule has 24 heavy (non-hydrogen) atoms. The Labute approximate surface area is 136 Å². The van der Waals surface area contributed by atoms with Gasteiger partial charge in [0.05, 0.1) is 16.9 Å². The Morgan fingerprint density at radius 1 is 1.29 bits per heavy atom. The summed E-state index contributed by atoms with van der Waals surface area (Å²) in [6.45, 7) is -0.317. The molecular formula is C15H10FN3O4S. The van der Waals surface area contributed by atoms with Crippen LogP contribution in [0.25, 0.3) is 0 Å². The van der Waals surface area contributed by atoms with Crippen molar-refractivity contribution in [1.82, 2.24) is 0 Å². The first-order chi connectivity index (χ1) is 11.4. The lowest BCUT2D eigenvalue weighted by molar-refractivity contribution is -0.118. The SMILES string of the molecule is N#Cc1ccccc1S(=O)(=O)Nc1cc(F)cc2c1OCC(=O)N2. The summed E-state index contributed by atoms with van der Waals surface area (Å²) in [5.74, 6) is -1.23. The van der Waals surface area contributed by atoms with E-state index in [1.54, 1.807) is 6.07 Å². The van der Waals surface area contributed by atoms with Gasteiger partial charge in [-0.15, -0.1) is 0 Å². The molecule has 0 aromatic heterocycles. The molecule has 1 amide bonds. The second kappa shape index (κ2) is 5.82. The number of nitriles is 1. The highest BCUT2D eigenvalue weighted by molar-refractivity contribution is 7.92. The fourth-order valence-electron chi connectivity index (χ4n) is 2.23. The molecule has 0 spiro atoms. The number of rotatable bonds is 3.